The van der Waals surface area contributed by atoms with E-state index in [4.69, 9.17) is 16.3 Å². The first-order chi connectivity index (χ1) is 8.79. The topological polar surface area (TPSA) is 26.3 Å². The minimum atomic E-state index is -0.0775. The lowest BCUT2D eigenvalue weighted by Crippen LogP contribution is -2.00. The molecule has 0 radical (unpaired) electrons. The third kappa shape index (κ3) is 3.34. The molecule has 0 aliphatic carbocycles. The van der Waals surface area contributed by atoms with E-state index in [9.17, 15) is 4.79 Å². The SMILES string of the molecule is O=C(CCl)c1ccc(OCc2ccccc2)cc1. The van der Waals surface area contributed by atoms with Gasteiger partial charge in [0.05, 0.1) is 5.88 Å². The average molecular weight is 261 g/mol. The highest BCUT2D eigenvalue weighted by atomic mass is 35.5. The van der Waals surface area contributed by atoms with Crippen LogP contribution < -0.4 is 4.74 Å². The van der Waals surface area contributed by atoms with Crippen molar-refractivity contribution in [2.45, 2.75) is 6.61 Å². The predicted octanol–water partition coefficient (Wildman–Crippen LogP) is 3.69. The first-order valence-electron chi connectivity index (χ1n) is 5.65. The van der Waals surface area contributed by atoms with Crippen LogP contribution in [0.3, 0.4) is 0 Å². The van der Waals surface area contributed by atoms with Gasteiger partial charge in [0.25, 0.3) is 0 Å². The Morgan fingerprint density at radius 3 is 2.28 bits per heavy atom. The number of hydrogen-bond donors (Lipinski definition) is 0. The number of benzene rings is 2. The van der Waals surface area contributed by atoms with Crippen molar-refractivity contribution in [3.8, 4) is 5.75 Å². The normalized spacial score (nSPS) is 10.1. The summed E-state index contributed by atoms with van der Waals surface area (Å²) in [5, 5.41) is 0. The second-order valence-corrected chi connectivity index (χ2v) is 4.12. The van der Waals surface area contributed by atoms with Crippen LogP contribution in [0.2, 0.25) is 0 Å². The van der Waals surface area contributed by atoms with Crippen molar-refractivity contribution < 1.29 is 9.53 Å². The molecule has 0 fully saturated rings. The second-order valence-electron chi connectivity index (χ2n) is 3.86. The van der Waals surface area contributed by atoms with Gasteiger partial charge in [-0.2, -0.15) is 0 Å². The molecule has 0 amide bonds. The van der Waals surface area contributed by atoms with Crippen LogP contribution in [0.1, 0.15) is 15.9 Å². The van der Waals surface area contributed by atoms with Crippen LogP contribution in [-0.2, 0) is 6.61 Å². The van der Waals surface area contributed by atoms with Crippen molar-refractivity contribution in [2.24, 2.45) is 0 Å². The van der Waals surface area contributed by atoms with Gasteiger partial charge in [0, 0.05) is 5.56 Å². The van der Waals surface area contributed by atoms with Crippen LogP contribution in [0.15, 0.2) is 54.6 Å². The second kappa shape index (κ2) is 6.22. The van der Waals surface area contributed by atoms with Crippen LogP contribution in [0.25, 0.3) is 0 Å². The van der Waals surface area contributed by atoms with Gasteiger partial charge in [-0.15, -0.1) is 11.6 Å². The zero-order valence-electron chi connectivity index (χ0n) is 9.80. The molecule has 0 heterocycles. The molecule has 0 saturated heterocycles. The van der Waals surface area contributed by atoms with Gasteiger partial charge < -0.3 is 4.74 Å². The minimum absolute atomic E-state index is 0.00419. The van der Waals surface area contributed by atoms with E-state index in [1.165, 1.54) is 0 Å². The summed E-state index contributed by atoms with van der Waals surface area (Å²) < 4.78 is 5.62. The lowest BCUT2D eigenvalue weighted by Gasteiger charge is -2.06. The molecule has 0 aromatic heterocycles. The number of alkyl halides is 1. The van der Waals surface area contributed by atoms with Gasteiger partial charge in [0.1, 0.15) is 12.4 Å². The number of halogens is 1. The fraction of sp³-hybridized carbons (Fsp3) is 0.133. The molecular weight excluding hydrogens is 248 g/mol. The summed E-state index contributed by atoms with van der Waals surface area (Å²) in [5.74, 6) is 0.667. The van der Waals surface area contributed by atoms with Gasteiger partial charge in [-0.25, -0.2) is 0 Å². The molecule has 0 bridgehead atoms. The lowest BCUT2D eigenvalue weighted by atomic mass is 10.1. The van der Waals surface area contributed by atoms with E-state index in [1.54, 1.807) is 24.3 Å². The molecule has 0 aliphatic rings. The van der Waals surface area contributed by atoms with Crippen molar-refractivity contribution in [1.82, 2.24) is 0 Å². The number of carbonyl (C=O) groups is 1. The van der Waals surface area contributed by atoms with Gasteiger partial charge in [0.15, 0.2) is 5.78 Å². The first-order valence-corrected chi connectivity index (χ1v) is 6.19. The van der Waals surface area contributed by atoms with E-state index >= 15 is 0 Å². The maximum absolute atomic E-state index is 11.3. The van der Waals surface area contributed by atoms with Crippen LogP contribution in [0.5, 0.6) is 5.75 Å². The van der Waals surface area contributed by atoms with Gasteiger partial charge in [0.2, 0.25) is 0 Å². The maximum atomic E-state index is 11.3. The Morgan fingerprint density at radius 1 is 1.00 bits per heavy atom. The van der Waals surface area contributed by atoms with Crippen molar-refractivity contribution >= 4 is 17.4 Å². The summed E-state index contributed by atoms with van der Waals surface area (Å²) in [6, 6.07) is 16.9. The van der Waals surface area contributed by atoms with Crippen LogP contribution in [0, 0.1) is 0 Å². The Morgan fingerprint density at radius 2 is 1.67 bits per heavy atom. The molecular formula is C15H13ClO2. The average Bonchev–Trinajstić information content (AvgIpc) is 2.46. The van der Waals surface area contributed by atoms with Crippen molar-refractivity contribution in [3.05, 3.63) is 65.7 Å². The quantitative estimate of drug-likeness (QED) is 0.605. The van der Waals surface area contributed by atoms with Gasteiger partial charge in [-0.05, 0) is 29.8 Å². The smallest absolute Gasteiger partial charge is 0.177 e. The fourth-order valence-corrected chi connectivity index (χ4v) is 1.71. The highest BCUT2D eigenvalue weighted by molar-refractivity contribution is 6.30. The molecule has 2 rings (SSSR count). The summed E-state index contributed by atoms with van der Waals surface area (Å²) in [6.07, 6.45) is 0. The molecule has 0 spiro atoms. The zero-order chi connectivity index (χ0) is 12.8. The Kier molecular flexibility index (Phi) is 4.37. The molecule has 0 aliphatic heterocycles. The number of Topliss-reactive ketones (excluding diaryl/α,β-unsaturated/α-hetero) is 1. The molecule has 2 aromatic rings. The predicted molar refractivity (Wildman–Crippen MR) is 72.3 cm³/mol. The number of hydrogen-bond acceptors (Lipinski definition) is 2. The summed E-state index contributed by atoms with van der Waals surface area (Å²) in [5.41, 5.74) is 1.72. The molecule has 92 valence electrons. The zero-order valence-corrected chi connectivity index (χ0v) is 10.6. The van der Waals surface area contributed by atoms with Crippen molar-refractivity contribution in [3.63, 3.8) is 0 Å². The molecule has 3 heteroatoms. The lowest BCUT2D eigenvalue weighted by molar-refractivity contribution is 0.102. The van der Waals surface area contributed by atoms with E-state index in [2.05, 4.69) is 0 Å². The molecule has 2 aromatic carbocycles. The molecule has 0 N–H and O–H groups in total. The number of ether oxygens (including phenoxy) is 1. The first kappa shape index (κ1) is 12.7. The fourth-order valence-electron chi connectivity index (χ4n) is 1.56. The van der Waals surface area contributed by atoms with Crippen molar-refractivity contribution in [2.75, 3.05) is 5.88 Å². The highest BCUT2D eigenvalue weighted by Crippen LogP contribution is 2.14. The minimum Gasteiger partial charge on any atom is -0.489 e. The Labute approximate surface area is 111 Å². The Hall–Kier alpha value is -1.80. The van der Waals surface area contributed by atoms with Gasteiger partial charge in [-0.3, -0.25) is 4.79 Å². The summed E-state index contributed by atoms with van der Waals surface area (Å²) in [4.78, 5) is 11.3. The molecule has 0 saturated carbocycles. The Bertz CT molecular complexity index is 506. The molecule has 0 atom stereocenters. The van der Waals surface area contributed by atoms with E-state index in [0.29, 0.717) is 12.2 Å². The summed E-state index contributed by atoms with van der Waals surface area (Å²) in [6.45, 7) is 0.517. The van der Waals surface area contributed by atoms with E-state index < -0.39 is 0 Å². The molecule has 18 heavy (non-hydrogen) atoms. The highest BCUT2D eigenvalue weighted by Gasteiger charge is 2.03. The summed E-state index contributed by atoms with van der Waals surface area (Å²) >= 11 is 5.49. The number of carbonyl (C=O) groups excluding carboxylic acids is 1. The number of ketones is 1. The van der Waals surface area contributed by atoms with Crippen LogP contribution in [-0.4, -0.2) is 11.7 Å². The van der Waals surface area contributed by atoms with Crippen molar-refractivity contribution in [1.29, 1.82) is 0 Å². The van der Waals surface area contributed by atoms with E-state index in [1.807, 2.05) is 30.3 Å². The van der Waals surface area contributed by atoms with Crippen LogP contribution >= 0.6 is 11.6 Å². The van der Waals surface area contributed by atoms with Gasteiger partial charge in [-0.1, -0.05) is 30.3 Å². The Balaban J connectivity index is 1.97. The van der Waals surface area contributed by atoms with E-state index in [0.717, 1.165) is 11.3 Å². The number of rotatable bonds is 5. The third-order valence-electron chi connectivity index (χ3n) is 2.55. The largest absolute Gasteiger partial charge is 0.489 e. The van der Waals surface area contributed by atoms with Gasteiger partial charge >= 0.3 is 0 Å². The van der Waals surface area contributed by atoms with E-state index in [-0.39, 0.29) is 11.7 Å². The maximum Gasteiger partial charge on any atom is 0.177 e. The monoisotopic (exact) mass is 260 g/mol. The standard InChI is InChI=1S/C15H13ClO2/c16-10-15(17)13-6-8-14(9-7-13)18-11-12-4-2-1-3-5-12/h1-9H,10-11H2. The molecule has 2 nitrogen and oxygen atoms in total. The third-order valence-corrected chi connectivity index (χ3v) is 2.79. The molecule has 0 unspecified atom stereocenters. The van der Waals surface area contributed by atoms with Crippen LogP contribution in [0.4, 0.5) is 0 Å². The summed E-state index contributed by atoms with van der Waals surface area (Å²) in [7, 11) is 0.